The van der Waals surface area contributed by atoms with Gasteiger partial charge < -0.3 is 15.2 Å². The van der Waals surface area contributed by atoms with Crippen molar-refractivity contribution in [3.63, 3.8) is 0 Å². The highest BCUT2D eigenvalue weighted by Gasteiger charge is 2.13. The van der Waals surface area contributed by atoms with Crippen LogP contribution < -0.4 is 10.1 Å². The van der Waals surface area contributed by atoms with Crippen molar-refractivity contribution in [2.75, 3.05) is 6.61 Å². The van der Waals surface area contributed by atoms with Crippen LogP contribution >= 0.6 is 0 Å². The highest BCUT2D eigenvalue weighted by atomic mass is 16.5. The molecular formula is C14H19NO4. The third-order valence-corrected chi connectivity index (χ3v) is 2.68. The molecule has 0 aliphatic heterocycles. The van der Waals surface area contributed by atoms with Gasteiger partial charge in [0.05, 0.1) is 13.0 Å². The number of carbonyl (C=O) groups is 2. The van der Waals surface area contributed by atoms with Crippen LogP contribution in [0.2, 0.25) is 0 Å². The number of amides is 1. The summed E-state index contributed by atoms with van der Waals surface area (Å²) in [4.78, 5) is 22.0. The van der Waals surface area contributed by atoms with E-state index in [1.54, 1.807) is 0 Å². The zero-order chi connectivity index (χ0) is 14.4. The molecule has 1 rings (SSSR count). The number of nitrogens with one attached hydrogen (secondary N) is 1. The van der Waals surface area contributed by atoms with Crippen molar-refractivity contribution in [1.29, 1.82) is 0 Å². The number of aliphatic carboxylic acids is 1. The van der Waals surface area contributed by atoms with Crippen LogP contribution in [0.4, 0.5) is 0 Å². The van der Waals surface area contributed by atoms with Crippen LogP contribution in [0.3, 0.4) is 0 Å². The maximum atomic E-state index is 11.4. The lowest BCUT2D eigenvalue weighted by atomic mass is 10.1. The molecule has 0 unspecified atom stereocenters. The van der Waals surface area contributed by atoms with E-state index in [9.17, 15) is 9.59 Å². The van der Waals surface area contributed by atoms with Crippen LogP contribution in [0.1, 0.15) is 24.5 Å². The minimum absolute atomic E-state index is 0.130. The maximum absolute atomic E-state index is 11.4. The van der Waals surface area contributed by atoms with E-state index in [1.807, 2.05) is 32.0 Å². The van der Waals surface area contributed by atoms with E-state index in [-0.39, 0.29) is 18.9 Å². The van der Waals surface area contributed by atoms with Crippen molar-refractivity contribution >= 4 is 11.9 Å². The summed E-state index contributed by atoms with van der Waals surface area (Å²) < 4.78 is 5.52. The molecule has 1 atom stereocenters. The van der Waals surface area contributed by atoms with Crippen LogP contribution in [-0.2, 0) is 9.59 Å². The fraction of sp³-hybridized carbons (Fsp3) is 0.429. The number of aryl methyl sites for hydroxylation is 2. The van der Waals surface area contributed by atoms with E-state index in [4.69, 9.17) is 9.84 Å². The van der Waals surface area contributed by atoms with Crippen molar-refractivity contribution in [3.8, 4) is 5.75 Å². The number of benzene rings is 1. The van der Waals surface area contributed by atoms with Gasteiger partial charge in [0.2, 0.25) is 5.91 Å². The predicted molar refractivity (Wildman–Crippen MR) is 71.3 cm³/mol. The third-order valence-electron chi connectivity index (χ3n) is 2.68. The zero-order valence-electron chi connectivity index (χ0n) is 11.4. The second-order valence-electron chi connectivity index (χ2n) is 4.49. The van der Waals surface area contributed by atoms with Crippen molar-refractivity contribution in [3.05, 3.63) is 29.3 Å². The molecule has 104 valence electrons. The van der Waals surface area contributed by atoms with Crippen LogP contribution in [0.5, 0.6) is 5.75 Å². The van der Waals surface area contributed by atoms with E-state index >= 15 is 0 Å². The topological polar surface area (TPSA) is 75.6 Å². The maximum Gasteiger partial charge on any atom is 0.325 e. The highest BCUT2D eigenvalue weighted by Crippen LogP contribution is 2.19. The van der Waals surface area contributed by atoms with Crippen molar-refractivity contribution in [1.82, 2.24) is 5.32 Å². The fourth-order valence-corrected chi connectivity index (χ4v) is 1.49. The van der Waals surface area contributed by atoms with E-state index in [2.05, 4.69) is 5.32 Å². The number of carboxylic acid groups (broad SMARTS) is 1. The summed E-state index contributed by atoms with van der Waals surface area (Å²) in [5, 5.41) is 11.0. The predicted octanol–water partition coefficient (Wildman–Crippen LogP) is 1.66. The van der Waals surface area contributed by atoms with Gasteiger partial charge in [0.1, 0.15) is 11.8 Å². The first-order valence-corrected chi connectivity index (χ1v) is 6.12. The Kier molecular flexibility index (Phi) is 5.36. The molecule has 0 heterocycles. The molecule has 0 aliphatic carbocycles. The summed E-state index contributed by atoms with van der Waals surface area (Å²) >= 11 is 0. The molecule has 19 heavy (non-hydrogen) atoms. The van der Waals surface area contributed by atoms with Gasteiger partial charge in [-0.25, -0.2) is 0 Å². The van der Waals surface area contributed by atoms with Gasteiger partial charge in [0, 0.05) is 0 Å². The van der Waals surface area contributed by atoms with Gasteiger partial charge in [-0.3, -0.25) is 9.59 Å². The summed E-state index contributed by atoms with van der Waals surface area (Å²) in [6.07, 6.45) is 0.130. The second kappa shape index (κ2) is 6.78. The Hall–Kier alpha value is -2.04. The van der Waals surface area contributed by atoms with Crippen LogP contribution in [0.15, 0.2) is 18.2 Å². The molecule has 1 amide bonds. The van der Waals surface area contributed by atoms with Crippen molar-refractivity contribution in [2.24, 2.45) is 0 Å². The number of carbonyl (C=O) groups excluding carboxylic acids is 1. The third kappa shape index (κ3) is 4.99. The van der Waals surface area contributed by atoms with Crippen LogP contribution in [-0.4, -0.2) is 29.6 Å². The van der Waals surface area contributed by atoms with E-state index in [0.717, 1.165) is 16.9 Å². The van der Waals surface area contributed by atoms with Gasteiger partial charge in [-0.2, -0.15) is 0 Å². The molecule has 1 aromatic rings. The standard InChI is InChI=1S/C14H19NO4/c1-9-4-5-10(2)12(8-9)19-7-6-13(16)15-11(3)14(17)18/h4-5,8,11H,6-7H2,1-3H3,(H,15,16)(H,17,18)/t11-/m0/s1. The Labute approximate surface area is 112 Å². The lowest BCUT2D eigenvalue weighted by Crippen LogP contribution is -2.38. The minimum atomic E-state index is -1.05. The van der Waals surface area contributed by atoms with Crippen LogP contribution in [0.25, 0.3) is 0 Å². The molecule has 0 saturated carbocycles. The Morgan fingerprint density at radius 1 is 1.37 bits per heavy atom. The smallest absolute Gasteiger partial charge is 0.325 e. The largest absolute Gasteiger partial charge is 0.493 e. The summed E-state index contributed by atoms with van der Waals surface area (Å²) in [5.41, 5.74) is 2.09. The summed E-state index contributed by atoms with van der Waals surface area (Å²) in [7, 11) is 0. The Bertz CT molecular complexity index is 471. The molecule has 0 spiro atoms. The van der Waals surface area contributed by atoms with Gasteiger partial charge in [-0.1, -0.05) is 12.1 Å². The number of hydrogen-bond acceptors (Lipinski definition) is 3. The number of carboxylic acids is 1. The fourth-order valence-electron chi connectivity index (χ4n) is 1.49. The SMILES string of the molecule is Cc1ccc(C)c(OCCC(=O)N[C@@H](C)C(=O)O)c1. The van der Waals surface area contributed by atoms with E-state index in [1.165, 1.54) is 6.92 Å². The van der Waals surface area contributed by atoms with Gasteiger partial charge in [0.15, 0.2) is 0 Å². The average molecular weight is 265 g/mol. The Morgan fingerprint density at radius 2 is 2.05 bits per heavy atom. The molecule has 0 radical (unpaired) electrons. The van der Waals surface area contributed by atoms with Crippen LogP contribution in [0, 0.1) is 13.8 Å². The molecule has 0 aliphatic rings. The zero-order valence-corrected chi connectivity index (χ0v) is 11.4. The molecule has 5 heteroatoms. The Balaban J connectivity index is 2.40. The van der Waals surface area contributed by atoms with E-state index < -0.39 is 12.0 Å². The monoisotopic (exact) mass is 265 g/mol. The average Bonchev–Trinajstić information content (AvgIpc) is 2.33. The van der Waals surface area contributed by atoms with Gasteiger partial charge in [-0.05, 0) is 38.0 Å². The first kappa shape index (κ1) is 15.0. The first-order chi connectivity index (χ1) is 8.90. The summed E-state index contributed by atoms with van der Waals surface area (Å²) in [6.45, 7) is 5.54. The number of rotatable bonds is 6. The molecule has 1 aromatic carbocycles. The molecular weight excluding hydrogens is 246 g/mol. The lowest BCUT2D eigenvalue weighted by molar-refractivity contribution is -0.141. The molecule has 2 N–H and O–H groups in total. The molecule has 0 saturated heterocycles. The Morgan fingerprint density at radius 3 is 2.68 bits per heavy atom. The molecule has 5 nitrogen and oxygen atoms in total. The summed E-state index contributed by atoms with van der Waals surface area (Å²) in [6, 6.07) is 4.97. The first-order valence-electron chi connectivity index (χ1n) is 6.12. The normalized spacial score (nSPS) is 11.7. The van der Waals surface area contributed by atoms with E-state index in [0.29, 0.717) is 0 Å². The van der Waals surface area contributed by atoms with Gasteiger partial charge in [0.25, 0.3) is 0 Å². The summed E-state index contributed by atoms with van der Waals surface area (Å²) in [5.74, 6) is -0.636. The number of ether oxygens (including phenoxy) is 1. The molecule has 0 aromatic heterocycles. The second-order valence-corrected chi connectivity index (χ2v) is 4.49. The number of hydrogen-bond donors (Lipinski definition) is 2. The van der Waals surface area contributed by atoms with Gasteiger partial charge in [-0.15, -0.1) is 0 Å². The minimum Gasteiger partial charge on any atom is -0.493 e. The van der Waals surface area contributed by atoms with Gasteiger partial charge >= 0.3 is 5.97 Å². The quantitative estimate of drug-likeness (QED) is 0.820. The van der Waals surface area contributed by atoms with Crippen molar-refractivity contribution in [2.45, 2.75) is 33.2 Å². The highest BCUT2D eigenvalue weighted by molar-refractivity contribution is 5.83. The molecule has 0 fully saturated rings. The lowest BCUT2D eigenvalue weighted by Gasteiger charge is -2.11. The molecule has 0 bridgehead atoms. The van der Waals surface area contributed by atoms with Crippen molar-refractivity contribution < 1.29 is 19.4 Å².